The first-order valence-electron chi connectivity index (χ1n) is 12.7. The number of alkyl halides is 4. The Kier molecular flexibility index (Phi) is 7.22. The number of likely N-dealkylation sites (tertiary alicyclic amines) is 1. The summed E-state index contributed by atoms with van der Waals surface area (Å²) in [5, 5.41) is 11.0. The Hall–Kier alpha value is -4.07. The van der Waals surface area contributed by atoms with Gasteiger partial charge in [-0.25, -0.2) is 18.6 Å². The highest BCUT2D eigenvalue weighted by Gasteiger charge is 2.49. The lowest BCUT2D eigenvalue weighted by atomic mass is 10.1. The fraction of sp³-hybridized carbons (Fsp3) is 0.407. The third-order valence-electron chi connectivity index (χ3n) is 6.59. The van der Waals surface area contributed by atoms with Gasteiger partial charge in [-0.1, -0.05) is 12.1 Å². The molecule has 218 valence electrons. The second kappa shape index (κ2) is 10.4. The Bertz CT molecular complexity index is 1600. The van der Waals surface area contributed by atoms with Crippen molar-refractivity contribution in [2.75, 3.05) is 20.2 Å². The highest BCUT2D eigenvalue weighted by atomic mass is 19.4. The molecule has 14 heteroatoms. The van der Waals surface area contributed by atoms with Gasteiger partial charge in [-0.05, 0) is 44.5 Å². The zero-order chi connectivity index (χ0) is 29.7. The number of benzene rings is 1. The molecule has 0 radical (unpaired) electrons. The van der Waals surface area contributed by atoms with E-state index in [4.69, 9.17) is 9.47 Å². The van der Waals surface area contributed by atoms with Gasteiger partial charge in [0.25, 0.3) is 0 Å². The quantitative estimate of drug-likeness (QED) is 0.324. The first-order chi connectivity index (χ1) is 19.2. The third-order valence-corrected chi connectivity index (χ3v) is 6.59. The highest BCUT2D eigenvalue weighted by Crippen LogP contribution is 2.40. The van der Waals surface area contributed by atoms with E-state index in [-0.39, 0.29) is 35.0 Å². The average Bonchev–Trinajstić information content (AvgIpc) is 3.44. The number of carbonyl (C=O) groups is 1. The summed E-state index contributed by atoms with van der Waals surface area (Å²) in [6.45, 7) is 3.93. The van der Waals surface area contributed by atoms with Gasteiger partial charge in [-0.3, -0.25) is 9.30 Å². The molecule has 0 saturated carbocycles. The Morgan fingerprint density at radius 1 is 1.10 bits per heavy atom. The number of halogens is 5. The van der Waals surface area contributed by atoms with Crippen LogP contribution >= 0.6 is 0 Å². The molecule has 1 N–H and O–H groups in total. The van der Waals surface area contributed by atoms with Gasteiger partial charge in [0.1, 0.15) is 23.5 Å². The van der Waals surface area contributed by atoms with Crippen molar-refractivity contribution in [3.05, 3.63) is 54.0 Å². The zero-order valence-electron chi connectivity index (χ0n) is 22.5. The van der Waals surface area contributed by atoms with Gasteiger partial charge in [-0.2, -0.15) is 13.2 Å². The maximum Gasteiger partial charge on any atom is 0.408 e. The maximum atomic E-state index is 14.8. The molecule has 1 aliphatic heterocycles. The molecule has 1 fully saturated rings. The van der Waals surface area contributed by atoms with E-state index in [0.29, 0.717) is 10.9 Å². The first kappa shape index (κ1) is 28.5. The lowest BCUT2D eigenvalue weighted by Gasteiger charge is -2.30. The standard InChI is InChI=1S/C27H27F5N6O3/c1-26(2,3)41-25(39)34-20-13-37(12-17(20)29)23(27(30,31)32)15-6-8-22-35-36-24(38(22)11-15)18-7-5-14-9-16(28)21(40-4)10-19(14)33-18/h5-11,17,20,23H,12-13H2,1-4H3,(H,34,39)/t17-,20+,23+/m0/s1. The fourth-order valence-corrected chi connectivity index (χ4v) is 4.85. The molecule has 0 unspecified atom stereocenters. The van der Waals surface area contributed by atoms with Gasteiger partial charge in [0.2, 0.25) is 0 Å². The number of alkyl carbamates (subject to hydrolysis) is 1. The Labute approximate surface area is 231 Å². The van der Waals surface area contributed by atoms with Crippen LogP contribution in [0, 0.1) is 5.82 Å². The molecule has 0 aliphatic carbocycles. The molecule has 1 aliphatic rings. The smallest absolute Gasteiger partial charge is 0.408 e. The lowest BCUT2D eigenvalue weighted by molar-refractivity contribution is -0.184. The second-order valence-corrected chi connectivity index (χ2v) is 10.8. The largest absolute Gasteiger partial charge is 0.494 e. The topological polar surface area (TPSA) is 93.9 Å². The van der Waals surface area contributed by atoms with Crippen molar-refractivity contribution in [2.45, 2.75) is 50.8 Å². The molecular weight excluding hydrogens is 551 g/mol. The van der Waals surface area contributed by atoms with Crippen LogP contribution in [0.3, 0.4) is 0 Å². The van der Waals surface area contributed by atoms with Crippen LogP contribution in [-0.2, 0) is 4.74 Å². The molecule has 1 aromatic carbocycles. The number of rotatable bonds is 5. The van der Waals surface area contributed by atoms with E-state index in [9.17, 15) is 26.7 Å². The summed E-state index contributed by atoms with van der Waals surface area (Å²) in [6, 6.07) is 5.10. The molecule has 4 aromatic rings. The van der Waals surface area contributed by atoms with Crippen molar-refractivity contribution in [3.8, 4) is 17.3 Å². The Morgan fingerprint density at radius 3 is 2.54 bits per heavy atom. The molecule has 1 saturated heterocycles. The summed E-state index contributed by atoms with van der Waals surface area (Å²) >= 11 is 0. The van der Waals surface area contributed by atoms with Crippen LogP contribution in [0.25, 0.3) is 28.1 Å². The van der Waals surface area contributed by atoms with Crippen molar-refractivity contribution in [3.63, 3.8) is 0 Å². The molecular formula is C27H27F5N6O3. The van der Waals surface area contributed by atoms with Crippen LogP contribution in [0.2, 0.25) is 0 Å². The van der Waals surface area contributed by atoms with Crippen LogP contribution in [0.1, 0.15) is 32.4 Å². The van der Waals surface area contributed by atoms with Gasteiger partial charge in [0, 0.05) is 30.7 Å². The minimum absolute atomic E-state index is 0.0141. The third kappa shape index (κ3) is 5.87. The Morgan fingerprint density at radius 2 is 1.85 bits per heavy atom. The van der Waals surface area contributed by atoms with Gasteiger partial charge < -0.3 is 14.8 Å². The normalized spacial score (nSPS) is 19.0. The number of hydrogen-bond acceptors (Lipinski definition) is 7. The Balaban J connectivity index is 1.47. The van der Waals surface area contributed by atoms with E-state index in [0.717, 1.165) is 4.90 Å². The number of carbonyl (C=O) groups excluding carboxylic acids is 1. The first-order valence-corrected chi connectivity index (χ1v) is 12.7. The van der Waals surface area contributed by atoms with E-state index in [2.05, 4.69) is 20.5 Å². The number of aromatic nitrogens is 4. The zero-order valence-corrected chi connectivity index (χ0v) is 22.5. The highest BCUT2D eigenvalue weighted by molar-refractivity contribution is 5.82. The number of fused-ring (bicyclic) bond motifs is 2. The molecule has 3 atom stereocenters. The summed E-state index contributed by atoms with van der Waals surface area (Å²) in [5.41, 5.74) is -0.0998. The summed E-state index contributed by atoms with van der Waals surface area (Å²) in [6.07, 6.45) is -6.19. The van der Waals surface area contributed by atoms with Crippen molar-refractivity contribution in [2.24, 2.45) is 0 Å². The average molecular weight is 579 g/mol. The predicted octanol–water partition coefficient (Wildman–Crippen LogP) is 5.24. The van der Waals surface area contributed by atoms with Gasteiger partial charge in [0.05, 0.1) is 18.7 Å². The second-order valence-electron chi connectivity index (χ2n) is 10.8. The molecule has 0 spiro atoms. The van der Waals surface area contributed by atoms with Gasteiger partial charge in [-0.15, -0.1) is 10.2 Å². The number of ether oxygens (including phenoxy) is 2. The summed E-state index contributed by atoms with van der Waals surface area (Å²) in [4.78, 5) is 17.6. The van der Waals surface area contributed by atoms with Crippen LogP contribution < -0.4 is 10.1 Å². The predicted molar refractivity (Wildman–Crippen MR) is 139 cm³/mol. The summed E-state index contributed by atoms with van der Waals surface area (Å²) in [5.74, 6) is -0.423. The molecule has 3 aromatic heterocycles. The van der Waals surface area contributed by atoms with Crippen LogP contribution in [0.4, 0.5) is 26.7 Å². The van der Waals surface area contributed by atoms with Crippen molar-refractivity contribution in [1.82, 2.24) is 29.8 Å². The lowest BCUT2D eigenvalue weighted by Crippen LogP contribution is -2.44. The van der Waals surface area contributed by atoms with Crippen LogP contribution in [0.15, 0.2) is 42.6 Å². The number of methoxy groups -OCH3 is 1. The van der Waals surface area contributed by atoms with Crippen LogP contribution in [0.5, 0.6) is 5.75 Å². The molecule has 5 rings (SSSR count). The summed E-state index contributed by atoms with van der Waals surface area (Å²) < 4.78 is 83.8. The van der Waals surface area contributed by atoms with Gasteiger partial charge >= 0.3 is 12.3 Å². The fourth-order valence-electron chi connectivity index (χ4n) is 4.85. The molecule has 41 heavy (non-hydrogen) atoms. The van der Waals surface area contributed by atoms with E-state index >= 15 is 0 Å². The van der Waals surface area contributed by atoms with E-state index in [1.165, 1.54) is 42.0 Å². The van der Waals surface area contributed by atoms with Crippen molar-refractivity contribution >= 4 is 22.6 Å². The maximum absolute atomic E-state index is 14.8. The molecule has 1 amide bonds. The minimum atomic E-state index is -4.77. The SMILES string of the molecule is COc1cc2nc(-c3nnc4ccc([C@@H](N5C[C@H](F)[C@H](NC(=O)OC(C)(C)C)C5)C(F)(F)F)cn34)ccc2cc1F. The number of amides is 1. The number of hydrogen-bond donors (Lipinski definition) is 1. The molecule has 9 nitrogen and oxygen atoms in total. The van der Waals surface area contributed by atoms with Crippen molar-refractivity contribution in [1.29, 1.82) is 0 Å². The number of nitrogens with one attached hydrogen (secondary N) is 1. The van der Waals surface area contributed by atoms with Crippen LogP contribution in [-0.4, -0.2) is 74.8 Å². The van der Waals surface area contributed by atoms with Crippen molar-refractivity contribution < 1.29 is 36.2 Å². The molecule has 4 heterocycles. The van der Waals surface area contributed by atoms with E-state index in [1.807, 2.05) is 0 Å². The summed E-state index contributed by atoms with van der Waals surface area (Å²) in [7, 11) is 1.32. The van der Waals surface area contributed by atoms with Gasteiger partial charge in [0.15, 0.2) is 23.0 Å². The monoisotopic (exact) mass is 578 g/mol. The van der Waals surface area contributed by atoms with E-state index in [1.54, 1.807) is 32.9 Å². The minimum Gasteiger partial charge on any atom is -0.494 e. The number of pyridine rings is 2. The molecule has 0 bridgehead atoms. The van der Waals surface area contributed by atoms with E-state index < -0.39 is 48.5 Å². The number of nitrogens with zero attached hydrogens (tertiary/aromatic N) is 5.